The molecule has 1 rings (SSSR count). The maximum Gasteiger partial charge on any atom is 0.265 e. The van der Waals surface area contributed by atoms with Crippen LogP contribution in [0.15, 0.2) is 10.2 Å². The molecule has 0 aromatic heterocycles. The number of hydrogen-bond donors (Lipinski definition) is 1. The fraction of sp³-hybridized carbons (Fsp3) is 0.400. The summed E-state index contributed by atoms with van der Waals surface area (Å²) >= 11 is 0. The lowest BCUT2D eigenvalue weighted by Crippen LogP contribution is -2.27. The van der Waals surface area contributed by atoms with E-state index in [1.54, 1.807) is 6.21 Å². The number of rotatable bonds is 1. The third-order valence-corrected chi connectivity index (χ3v) is 1.14. The van der Waals surface area contributed by atoms with E-state index < -0.39 is 5.91 Å². The molecule has 0 fully saturated rings. The number of primary amides is 1. The second-order valence-corrected chi connectivity index (χ2v) is 1.90. The molecular formula is C5H7N3O. The van der Waals surface area contributed by atoms with Crippen LogP contribution in [0.25, 0.3) is 0 Å². The number of carbonyl (C=O) groups excluding carboxylic acids is 1. The van der Waals surface area contributed by atoms with Crippen LogP contribution in [0.3, 0.4) is 0 Å². The summed E-state index contributed by atoms with van der Waals surface area (Å²) in [6.07, 6.45) is 1.58. The average molecular weight is 125 g/mol. The largest absolute Gasteiger partial charge is 0.364 e. The van der Waals surface area contributed by atoms with Crippen LogP contribution in [0.5, 0.6) is 0 Å². The first kappa shape index (κ1) is 5.94. The summed E-state index contributed by atoms with van der Waals surface area (Å²) in [5.41, 5.74) is 5.28. The van der Waals surface area contributed by atoms with Crippen LogP contribution in [0, 0.1) is 5.92 Å². The van der Waals surface area contributed by atoms with Gasteiger partial charge in [0.2, 0.25) is 0 Å². The maximum atomic E-state index is 10.4. The van der Waals surface area contributed by atoms with E-state index >= 15 is 0 Å². The Morgan fingerprint density at radius 2 is 2.56 bits per heavy atom. The molecular weight excluding hydrogens is 118 g/mol. The second-order valence-electron chi connectivity index (χ2n) is 1.90. The Kier molecular flexibility index (Phi) is 1.30. The van der Waals surface area contributed by atoms with Crippen molar-refractivity contribution in [2.45, 2.75) is 6.92 Å². The normalized spacial score (nSPS) is 24.1. The van der Waals surface area contributed by atoms with Gasteiger partial charge in [0.05, 0.1) is 0 Å². The number of hydrogen-bond acceptors (Lipinski definition) is 3. The predicted octanol–water partition coefficient (Wildman–Crippen LogP) is -0.452. The van der Waals surface area contributed by atoms with Crippen LogP contribution < -0.4 is 5.73 Å². The number of carbonyl (C=O) groups is 1. The highest BCUT2D eigenvalue weighted by molar-refractivity contribution is 6.42. The van der Waals surface area contributed by atoms with Crippen molar-refractivity contribution in [1.29, 1.82) is 0 Å². The minimum Gasteiger partial charge on any atom is -0.364 e. The molecule has 0 aromatic carbocycles. The Balaban J connectivity index is 2.76. The van der Waals surface area contributed by atoms with Gasteiger partial charge in [0.1, 0.15) is 5.71 Å². The fourth-order valence-corrected chi connectivity index (χ4v) is 0.631. The van der Waals surface area contributed by atoms with Crippen molar-refractivity contribution < 1.29 is 4.79 Å². The lowest BCUT2D eigenvalue weighted by molar-refractivity contribution is -0.112. The molecule has 48 valence electrons. The highest BCUT2D eigenvalue weighted by atomic mass is 16.1. The smallest absolute Gasteiger partial charge is 0.265 e. The van der Waals surface area contributed by atoms with Gasteiger partial charge < -0.3 is 5.73 Å². The molecule has 2 N–H and O–H groups in total. The summed E-state index contributed by atoms with van der Waals surface area (Å²) in [4.78, 5) is 10.4. The molecule has 0 saturated heterocycles. The first-order chi connectivity index (χ1) is 4.22. The van der Waals surface area contributed by atoms with Gasteiger partial charge in [0, 0.05) is 12.1 Å². The molecule has 1 aliphatic heterocycles. The summed E-state index contributed by atoms with van der Waals surface area (Å²) < 4.78 is 0. The molecule has 0 aliphatic carbocycles. The summed E-state index contributed by atoms with van der Waals surface area (Å²) in [7, 11) is 0. The van der Waals surface area contributed by atoms with E-state index in [0.717, 1.165) is 0 Å². The summed E-state index contributed by atoms with van der Waals surface area (Å²) in [6.45, 7) is 1.82. The summed E-state index contributed by atoms with van der Waals surface area (Å²) in [5, 5.41) is 7.06. The van der Waals surface area contributed by atoms with E-state index in [4.69, 9.17) is 5.73 Å². The molecule has 0 saturated carbocycles. The molecule has 0 radical (unpaired) electrons. The van der Waals surface area contributed by atoms with E-state index in [-0.39, 0.29) is 5.92 Å². The van der Waals surface area contributed by atoms with E-state index in [0.29, 0.717) is 5.71 Å². The Morgan fingerprint density at radius 3 is 2.78 bits per heavy atom. The Labute approximate surface area is 52.5 Å². The van der Waals surface area contributed by atoms with Crippen molar-refractivity contribution in [2.24, 2.45) is 21.9 Å². The molecule has 4 nitrogen and oxygen atoms in total. The number of nitrogens with zero attached hydrogens (tertiary/aromatic N) is 2. The van der Waals surface area contributed by atoms with Crippen LogP contribution in [-0.4, -0.2) is 17.8 Å². The maximum absolute atomic E-state index is 10.4. The fourth-order valence-electron chi connectivity index (χ4n) is 0.631. The number of amides is 1. The SMILES string of the molecule is CC1C=NN=C1C(N)=O. The van der Waals surface area contributed by atoms with Gasteiger partial charge in [-0.25, -0.2) is 0 Å². The van der Waals surface area contributed by atoms with E-state index in [1.807, 2.05) is 6.92 Å². The minimum atomic E-state index is -0.486. The molecule has 1 atom stereocenters. The van der Waals surface area contributed by atoms with Crippen molar-refractivity contribution in [3.05, 3.63) is 0 Å². The molecule has 1 amide bonds. The topological polar surface area (TPSA) is 67.8 Å². The Bertz CT molecular complexity index is 194. The third kappa shape index (κ3) is 0.960. The predicted molar refractivity (Wildman–Crippen MR) is 34.3 cm³/mol. The standard InChI is InChI=1S/C5H7N3O/c1-3-2-7-8-4(3)5(6)9/h2-3H,1H3,(H2,6,9). The Hall–Kier alpha value is -1.19. The van der Waals surface area contributed by atoms with E-state index in [9.17, 15) is 4.79 Å². The van der Waals surface area contributed by atoms with Crippen molar-refractivity contribution >= 4 is 17.8 Å². The molecule has 0 spiro atoms. The zero-order valence-electron chi connectivity index (χ0n) is 5.03. The lowest BCUT2D eigenvalue weighted by atomic mass is 10.1. The van der Waals surface area contributed by atoms with Gasteiger partial charge in [-0.1, -0.05) is 6.92 Å². The highest BCUT2D eigenvalue weighted by Crippen LogP contribution is 2.02. The zero-order valence-corrected chi connectivity index (χ0v) is 5.03. The van der Waals surface area contributed by atoms with Crippen LogP contribution in [-0.2, 0) is 4.79 Å². The quantitative estimate of drug-likeness (QED) is 0.506. The van der Waals surface area contributed by atoms with Crippen LogP contribution in [0.4, 0.5) is 0 Å². The lowest BCUT2D eigenvalue weighted by Gasteiger charge is -1.95. The molecule has 1 heterocycles. The van der Waals surface area contributed by atoms with Crippen molar-refractivity contribution in [2.75, 3.05) is 0 Å². The van der Waals surface area contributed by atoms with Crippen molar-refractivity contribution in [3.8, 4) is 0 Å². The van der Waals surface area contributed by atoms with Gasteiger partial charge in [-0.05, 0) is 0 Å². The van der Waals surface area contributed by atoms with E-state index in [1.165, 1.54) is 0 Å². The second kappa shape index (κ2) is 1.97. The van der Waals surface area contributed by atoms with Crippen LogP contribution in [0.2, 0.25) is 0 Å². The average Bonchev–Trinajstić information content (AvgIpc) is 2.13. The summed E-state index contributed by atoms with van der Waals surface area (Å²) in [6, 6.07) is 0. The van der Waals surface area contributed by atoms with Crippen molar-refractivity contribution in [3.63, 3.8) is 0 Å². The number of nitrogens with two attached hydrogens (primary N) is 1. The minimum absolute atomic E-state index is 0.0116. The van der Waals surface area contributed by atoms with Gasteiger partial charge in [-0.3, -0.25) is 4.79 Å². The van der Waals surface area contributed by atoms with Crippen molar-refractivity contribution in [1.82, 2.24) is 0 Å². The van der Waals surface area contributed by atoms with Gasteiger partial charge in [-0.2, -0.15) is 5.10 Å². The van der Waals surface area contributed by atoms with Gasteiger partial charge >= 0.3 is 0 Å². The molecule has 4 heteroatoms. The molecule has 0 bridgehead atoms. The third-order valence-electron chi connectivity index (χ3n) is 1.14. The first-order valence-electron chi connectivity index (χ1n) is 2.62. The van der Waals surface area contributed by atoms with Crippen LogP contribution in [0.1, 0.15) is 6.92 Å². The molecule has 1 unspecified atom stereocenters. The van der Waals surface area contributed by atoms with Gasteiger partial charge in [0.25, 0.3) is 5.91 Å². The highest BCUT2D eigenvalue weighted by Gasteiger charge is 2.17. The summed E-state index contributed by atoms with van der Waals surface area (Å²) in [5.74, 6) is -0.498. The first-order valence-corrected chi connectivity index (χ1v) is 2.62. The molecule has 0 aromatic rings. The van der Waals surface area contributed by atoms with E-state index in [2.05, 4.69) is 10.2 Å². The zero-order chi connectivity index (χ0) is 6.85. The Morgan fingerprint density at radius 1 is 1.89 bits per heavy atom. The van der Waals surface area contributed by atoms with Gasteiger partial charge in [0.15, 0.2) is 0 Å². The molecule has 1 aliphatic rings. The van der Waals surface area contributed by atoms with Crippen LogP contribution >= 0.6 is 0 Å². The molecule has 9 heavy (non-hydrogen) atoms. The monoisotopic (exact) mass is 125 g/mol. The van der Waals surface area contributed by atoms with Gasteiger partial charge in [-0.15, -0.1) is 5.10 Å².